The predicted octanol–water partition coefficient (Wildman–Crippen LogP) is 4.88. The van der Waals surface area contributed by atoms with E-state index in [4.69, 9.17) is 14.5 Å². The number of methoxy groups -OCH3 is 2. The maximum Gasteiger partial charge on any atom is 0.317 e. The Bertz CT molecular complexity index is 1120. The number of ether oxygens (including phenoxy) is 2. The lowest BCUT2D eigenvalue weighted by atomic mass is 9.95. The number of nitrogens with one attached hydrogen (secondary N) is 1. The zero-order valence-corrected chi connectivity index (χ0v) is 20.2. The molecule has 1 fully saturated rings. The number of para-hydroxylation sites is 2. The number of nitrogens with zero attached hydrogens (tertiary/aromatic N) is 3. The van der Waals surface area contributed by atoms with E-state index in [-0.39, 0.29) is 18.0 Å². The molecule has 0 unspecified atom stereocenters. The Balaban J connectivity index is 1.42. The van der Waals surface area contributed by atoms with Crippen LogP contribution in [0, 0.1) is 5.92 Å². The van der Waals surface area contributed by atoms with Gasteiger partial charge in [0.05, 0.1) is 31.3 Å². The number of benzene rings is 2. The fourth-order valence-corrected chi connectivity index (χ4v) is 4.78. The lowest BCUT2D eigenvalue weighted by molar-refractivity contribution is 0.173. The summed E-state index contributed by atoms with van der Waals surface area (Å²) in [5, 5.41) is 3.25. The first-order valence-corrected chi connectivity index (χ1v) is 11.6. The van der Waals surface area contributed by atoms with Crippen LogP contribution in [0.2, 0.25) is 0 Å². The first-order chi connectivity index (χ1) is 15.9. The van der Waals surface area contributed by atoms with Gasteiger partial charge in [0, 0.05) is 26.1 Å². The summed E-state index contributed by atoms with van der Waals surface area (Å²) in [7, 11) is 5.33. The number of rotatable bonds is 6. The Morgan fingerprint density at radius 2 is 1.76 bits per heavy atom. The summed E-state index contributed by atoms with van der Waals surface area (Å²) in [5.41, 5.74) is 3.19. The Labute approximate surface area is 195 Å². The van der Waals surface area contributed by atoms with Gasteiger partial charge in [0.25, 0.3) is 0 Å². The number of piperidine rings is 1. The molecule has 7 nitrogen and oxygen atoms in total. The molecule has 1 aromatic heterocycles. The van der Waals surface area contributed by atoms with E-state index in [2.05, 4.69) is 42.9 Å². The monoisotopic (exact) mass is 450 g/mol. The second-order valence-corrected chi connectivity index (χ2v) is 9.06. The van der Waals surface area contributed by atoms with Crippen LogP contribution in [-0.2, 0) is 7.05 Å². The van der Waals surface area contributed by atoms with Crippen LogP contribution in [0.15, 0.2) is 42.5 Å². The van der Waals surface area contributed by atoms with Gasteiger partial charge in [-0.3, -0.25) is 0 Å². The number of imidazole rings is 1. The zero-order valence-electron chi connectivity index (χ0n) is 20.2. The summed E-state index contributed by atoms with van der Waals surface area (Å²) in [5.74, 6) is 3.04. The van der Waals surface area contributed by atoms with Crippen molar-refractivity contribution >= 4 is 17.1 Å². The number of hydrogen-bond acceptors (Lipinski definition) is 4. The summed E-state index contributed by atoms with van der Waals surface area (Å²) in [4.78, 5) is 19.9. The molecule has 0 spiro atoms. The minimum atomic E-state index is -0.116. The molecule has 1 aliphatic heterocycles. The molecule has 4 rings (SSSR count). The van der Waals surface area contributed by atoms with Gasteiger partial charge in [-0.2, -0.15) is 0 Å². The second kappa shape index (κ2) is 9.73. The average Bonchev–Trinajstić information content (AvgIpc) is 3.18. The predicted molar refractivity (Wildman–Crippen MR) is 130 cm³/mol. The molecule has 2 amide bonds. The summed E-state index contributed by atoms with van der Waals surface area (Å²) < 4.78 is 13.0. The third kappa shape index (κ3) is 4.63. The van der Waals surface area contributed by atoms with Gasteiger partial charge in [0.2, 0.25) is 0 Å². The van der Waals surface area contributed by atoms with Crippen molar-refractivity contribution in [1.29, 1.82) is 0 Å². The van der Waals surface area contributed by atoms with Gasteiger partial charge in [-0.05, 0) is 48.6 Å². The number of likely N-dealkylation sites (tertiary alicyclic amines) is 1. The van der Waals surface area contributed by atoms with E-state index in [0.29, 0.717) is 17.4 Å². The van der Waals surface area contributed by atoms with E-state index in [1.807, 2.05) is 35.2 Å². The molecular weight excluding hydrogens is 416 g/mol. The standard InChI is InChI=1S/C26H34N4O3/c1-17(2)24(19-10-11-22(32-4)23(16-19)33-5)28-26(31)30-14-12-18(13-15-30)25-27-20-8-6-7-9-21(20)29(25)3/h6-11,16-18,24H,12-15H2,1-5H3,(H,28,31)/t24-/m0/s1. The Hall–Kier alpha value is -3.22. The molecule has 2 aromatic carbocycles. The van der Waals surface area contributed by atoms with Gasteiger partial charge in [0.15, 0.2) is 11.5 Å². The molecule has 0 radical (unpaired) electrons. The highest BCUT2D eigenvalue weighted by molar-refractivity contribution is 5.76. The lowest BCUT2D eigenvalue weighted by Gasteiger charge is -2.34. The fraction of sp³-hybridized carbons (Fsp3) is 0.462. The largest absolute Gasteiger partial charge is 0.493 e. The van der Waals surface area contributed by atoms with E-state index >= 15 is 0 Å². The van der Waals surface area contributed by atoms with Crippen LogP contribution < -0.4 is 14.8 Å². The summed E-state index contributed by atoms with van der Waals surface area (Å²) in [6, 6.07) is 13.9. The van der Waals surface area contributed by atoms with E-state index in [1.165, 1.54) is 0 Å². The smallest absolute Gasteiger partial charge is 0.317 e. The Morgan fingerprint density at radius 3 is 2.39 bits per heavy atom. The Morgan fingerprint density at radius 1 is 1.06 bits per heavy atom. The Kier molecular flexibility index (Phi) is 6.77. The number of hydrogen-bond donors (Lipinski definition) is 1. The molecule has 33 heavy (non-hydrogen) atoms. The highest BCUT2D eigenvalue weighted by Gasteiger charge is 2.29. The molecule has 1 aliphatic rings. The lowest BCUT2D eigenvalue weighted by Crippen LogP contribution is -2.46. The van der Waals surface area contributed by atoms with E-state index in [0.717, 1.165) is 48.4 Å². The van der Waals surface area contributed by atoms with Gasteiger partial charge in [-0.15, -0.1) is 0 Å². The van der Waals surface area contributed by atoms with Crippen molar-refractivity contribution in [3.63, 3.8) is 0 Å². The number of aromatic nitrogens is 2. The van der Waals surface area contributed by atoms with Crippen LogP contribution in [-0.4, -0.2) is 47.8 Å². The molecule has 1 atom stereocenters. The topological polar surface area (TPSA) is 68.6 Å². The summed E-state index contributed by atoms with van der Waals surface area (Å²) in [6.07, 6.45) is 1.82. The van der Waals surface area contributed by atoms with Crippen molar-refractivity contribution in [2.75, 3.05) is 27.3 Å². The van der Waals surface area contributed by atoms with Crippen LogP contribution in [0.25, 0.3) is 11.0 Å². The maximum absolute atomic E-state index is 13.2. The summed E-state index contributed by atoms with van der Waals surface area (Å²) >= 11 is 0. The first-order valence-electron chi connectivity index (χ1n) is 11.6. The van der Waals surface area contributed by atoms with Gasteiger partial charge >= 0.3 is 6.03 Å². The van der Waals surface area contributed by atoms with Crippen molar-refractivity contribution in [3.05, 3.63) is 53.9 Å². The second-order valence-electron chi connectivity index (χ2n) is 9.06. The highest BCUT2D eigenvalue weighted by Crippen LogP contribution is 2.33. The minimum Gasteiger partial charge on any atom is -0.493 e. The normalized spacial score (nSPS) is 15.6. The number of urea groups is 1. The van der Waals surface area contributed by atoms with E-state index in [1.54, 1.807) is 14.2 Å². The van der Waals surface area contributed by atoms with E-state index in [9.17, 15) is 4.79 Å². The molecule has 1 N–H and O–H groups in total. The number of carbonyl (C=O) groups excluding carboxylic acids is 1. The molecule has 7 heteroatoms. The maximum atomic E-state index is 13.2. The molecule has 3 aromatic rings. The van der Waals surface area contributed by atoms with Gasteiger partial charge in [-0.25, -0.2) is 9.78 Å². The highest BCUT2D eigenvalue weighted by atomic mass is 16.5. The molecule has 0 bridgehead atoms. The fourth-order valence-electron chi connectivity index (χ4n) is 4.78. The molecule has 1 saturated heterocycles. The van der Waals surface area contributed by atoms with Crippen LogP contribution in [0.1, 0.15) is 50.0 Å². The minimum absolute atomic E-state index is 0.0214. The van der Waals surface area contributed by atoms with Crippen LogP contribution >= 0.6 is 0 Å². The zero-order chi connectivity index (χ0) is 23.5. The van der Waals surface area contributed by atoms with Crippen molar-refractivity contribution in [1.82, 2.24) is 19.8 Å². The van der Waals surface area contributed by atoms with Crippen LogP contribution in [0.5, 0.6) is 11.5 Å². The quantitative estimate of drug-likeness (QED) is 0.581. The van der Waals surface area contributed by atoms with Crippen molar-refractivity contribution in [2.24, 2.45) is 13.0 Å². The average molecular weight is 451 g/mol. The van der Waals surface area contributed by atoms with Gasteiger partial charge in [-0.1, -0.05) is 32.0 Å². The summed E-state index contributed by atoms with van der Waals surface area (Å²) in [6.45, 7) is 5.66. The van der Waals surface area contributed by atoms with Crippen LogP contribution in [0.3, 0.4) is 0 Å². The molecule has 0 saturated carbocycles. The van der Waals surface area contributed by atoms with Crippen LogP contribution in [0.4, 0.5) is 4.79 Å². The molecule has 0 aliphatic carbocycles. The van der Waals surface area contributed by atoms with E-state index < -0.39 is 0 Å². The van der Waals surface area contributed by atoms with Crippen molar-refractivity contribution < 1.29 is 14.3 Å². The SMILES string of the molecule is COc1ccc([C@@H](NC(=O)N2CCC(c3nc4ccccc4n3C)CC2)C(C)C)cc1OC. The number of fused-ring (bicyclic) bond motifs is 1. The number of aryl methyl sites for hydroxylation is 1. The molecule has 2 heterocycles. The third-order valence-corrected chi connectivity index (χ3v) is 6.68. The number of carbonyl (C=O) groups is 1. The van der Waals surface area contributed by atoms with Crippen molar-refractivity contribution in [2.45, 2.75) is 38.6 Å². The molecule has 176 valence electrons. The first kappa shape index (κ1) is 23.0. The molecular formula is C26H34N4O3. The third-order valence-electron chi connectivity index (χ3n) is 6.68. The van der Waals surface area contributed by atoms with Crippen molar-refractivity contribution in [3.8, 4) is 11.5 Å². The number of amides is 2. The van der Waals surface area contributed by atoms with Gasteiger partial charge < -0.3 is 24.3 Å². The van der Waals surface area contributed by atoms with Gasteiger partial charge in [0.1, 0.15) is 5.82 Å².